The third kappa shape index (κ3) is 3.22. The molecular weight excluding hydrogens is 290 g/mol. The number of rotatable bonds is 3. The molecule has 1 aromatic heterocycles. The fourth-order valence-corrected chi connectivity index (χ4v) is 3.15. The third-order valence-corrected chi connectivity index (χ3v) is 4.36. The molecular formula is C14H22BrN3. The van der Waals surface area contributed by atoms with Crippen molar-refractivity contribution in [1.29, 1.82) is 0 Å². The quantitative estimate of drug-likeness (QED) is 0.796. The molecule has 1 atom stereocenters. The van der Waals surface area contributed by atoms with Crippen LogP contribution in [0.15, 0.2) is 12.4 Å². The van der Waals surface area contributed by atoms with E-state index in [1.165, 1.54) is 25.7 Å². The lowest BCUT2D eigenvalue weighted by molar-refractivity contribution is 0.619. The average Bonchev–Trinajstić information content (AvgIpc) is 2.63. The molecule has 4 heteroatoms. The van der Waals surface area contributed by atoms with Gasteiger partial charge in [0.15, 0.2) is 0 Å². The van der Waals surface area contributed by atoms with Gasteiger partial charge >= 0.3 is 0 Å². The zero-order valence-electron chi connectivity index (χ0n) is 11.3. The minimum atomic E-state index is 0.459. The van der Waals surface area contributed by atoms with E-state index in [0.29, 0.717) is 12.0 Å². The van der Waals surface area contributed by atoms with Crippen molar-refractivity contribution in [3.8, 4) is 0 Å². The molecule has 1 fully saturated rings. The molecule has 0 saturated carbocycles. The topological polar surface area (TPSA) is 29.0 Å². The van der Waals surface area contributed by atoms with E-state index in [2.05, 4.69) is 50.7 Å². The summed E-state index contributed by atoms with van der Waals surface area (Å²) in [6, 6.07) is 2.73. The Morgan fingerprint density at radius 3 is 2.89 bits per heavy atom. The minimum Gasteiger partial charge on any atom is -0.353 e. The highest BCUT2D eigenvalue weighted by molar-refractivity contribution is 9.09. The number of anilines is 1. The van der Waals surface area contributed by atoms with E-state index in [1.807, 2.05) is 0 Å². The first-order chi connectivity index (χ1) is 8.72. The van der Waals surface area contributed by atoms with Gasteiger partial charge in [-0.3, -0.25) is 0 Å². The molecule has 1 aliphatic heterocycles. The van der Waals surface area contributed by atoms with Gasteiger partial charge in [-0.15, -0.1) is 0 Å². The Labute approximate surface area is 118 Å². The molecule has 0 amide bonds. The van der Waals surface area contributed by atoms with Crippen molar-refractivity contribution in [2.24, 2.45) is 0 Å². The summed E-state index contributed by atoms with van der Waals surface area (Å²) >= 11 is 3.65. The lowest BCUT2D eigenvalue weighted by atomic mass is 10.1. The second-order valence-corrected chi connectivity index (χ2v) is 5.95. The number of aromatic nitrogens is 2. The maximum atomic E-state index is 4.48. The Morgan fingerprint density at radius 1 is 1.33 bits per heavy atom. The van der Waals surface area contributed by atoms with Crippen LogP contribution in [-0.2, 0) is 0 Å². The Morgan fingerprint density at radius 2 is 2.17 bits per heavy atom. The predicted molar refractivity (Wildman–Crippen MR) is 79.5 cm³/mol. The van der Waals surface area contributed by atoms with E-state index in [0.717, 1.165) is 23.4 Å². The highest BCUT2D eigenvalue weighted by atomic mass is 79.9. The summed E-state index contributed by atoms with van der Waals surface area (Å²) in [7, 11) is 0. The first-order valence-corrected chi connectivity index (χ1v) is 7.99. The van der Waals surface area contributed by atoms with Crippen LogP contribution in [-0.4, -0.2) is 27.9 Å². The van der Waals surface area contributed by atoms with E-state index in [9.17, 15) is 0 Å². The number of alkyl halides is 1. The fourth-order valence-electron chi connectivity index (χ4n) is 2.47. The number of halogens is 1. The largest absolute Gasteiger partial charge is 0.353 e. The molecule has 0 aromatic carbocycles. The summed E-state index contributed by atoms with van der Waals surface area (Å²) in [4.78, 5) is 11.3. The Bertz CT molecular complexity index is 381. The Kier molecular flexibility index (Phi) is 4.98. The summed E-state index contributed by atoms with van der Waals surface area (Å²) in [6.07, 6.45) is 6.90. The lowest BCUT2D eigenvalue weighted by Crippen LogP contribution is -2.36. The van der Waals surface area contributed by atoms with Gasteiger partial charge in [0.05, 0.1) is 0 Å². The Hall–Kier alpha value is -0.640. The maximum Gasteiger partial charge on any atom is 0.132 e. The third-order valence-electron chi connectivity index (χ3n) is 3.61. The van der Waals surface area contributed by atoms with Crippen LogP contribution in [0.4, 0.5) is 5.82 Å². The maximum absolute atomic E-state index is 4.48. The normalized spacial score (nSPS) is 21.1. The molecule has 0 aliphatic carbocycles. The SMILES string of the molecule is CC(C)c1cc(N2CCCCCC2CBr)ncn1. The summed E-state index contributed by atoms with van der Waals surface area (Å²) in [5.41, 5.74) is 1.14. The number of hydrogen-bond acceptors (Lipinski definition) is 3. The first kappa shape index (κ1) is 13.8. The molecule has 2 rings (SSSR count). The highest BCUT2D eigenvalue weighted by Crippen LogP contribution is 2.25. The molecule has 1 aromatic rings. The van der Waals surface area contributed by atoms with Gasteiger partial charge < -0.3 is 4.90 Å². The Balaban J connectivity index is 2.24. The summed E-state index contributed by atoms with van der Waals surface area (Å²) in [5, 5.41) is 1.02. The van der Waals surface area contributed by atoms with E-state index < -0.39 is 0 Å². The smallest absolute Gasteiger partial charge is 0.132 e. The van der Waals surface area contributed by atoms with Crippen molar-refractivity contribution in [2.45, 2.75) is 51.5 Å². The van der Waals surface area contributed by atoms with E-state index in [4.69, 9.17) is 0 Å². The van der Waals surface area contributed by atoms with Gasteiger partial charge in [-0.05, 0) is 18.8 Å². The van der Waals surface area contributed by atoms with Gasteiger partial charge in [0, 0.05) is 29.7 Å². The van der Waals surface area contributed by atoms with Gasteiger partial charge in [-0.25, -0.2) is 9.97 Å². The van der Waals surface area contributed by atoms with Crippen molar-refractivity contribution in [3.05, 3.63) is 18.1 Å². The van der Waals surface area contributed by atoms with Crippen LogP contribution in [0.25, 0.3) is 0 Å². The molecule has 0 bridgehead atoms. The van der Waals surface area contributed by atoms with Gasteiger partial charge in [0.1, 0.15) is 12.1 Å². The van der Waals surface area contributed by atoms with Crippen LogP contribution in [0.3, 0.4) is 0 Å². The predicted octanol–water partition coefficient (Wildman–Crippen LogP) is 3.74. The van der Waals surface area contributed by atoms with Crippen LogP contribution < -0.4 is 4.90 Å². The molecule has 18 heavy (non-hydrogen) atoms. The molecule has 0 spiro atoms. The van der Waals surface area contributed by atoms with Crippen LogP contribution in [0, 0.1) is 0 Å². The lowest BCUT2D eigenvalue weighted by Gasteiger charge is -2.30. The van der Waals surface area contributed by atoms with Crippen molar-refractivity contribution in [2.75, 3.05) is 16.8 Å². The van der Waals surface area contributed by atoms with Crippen LogP contribution in [0.1, 0.15) is 51.1 Å². The average molecular weight is 312 g/mol. The van der Waals surface area contributed by atoms with E-state index in [1.54, 1.807) is 6.33 Å². The van der Waals surface area contributed by atoms with Crippen LogP contribution in [0.5, 0.6) is 0 Å². The monoisotopic (exact) mass is 311 g/mol. The molecule has 0 radical (unpaired) electrons. The number of nitrogens with zero attached hydrogens (tertiary/aromatic N) is 3. The first-order valence-electron chi connectivity index (χ1n) is 6.87. The van der Waals surface area contributed by atoms with Crippen molar-refractivity contribution in [3.63, 3.8) is 0 Å². The minimum absolute atomic E-state index is 0.459. The molecule has 2 heterocycles. The summed E-state index contributed by atoms with van der Waals surface area (Å²) in [6.45, 7) is 5.47. The van der Waals surface area contributed by atoms with E-state index >= 15 is 0 Å². The van der Waals surface area contributed by atoms with Crippen LogP contribution in [0.2, 0.25) is 0 Å². The standard InChI is InChI=1S/C14H22BrN3/c1-11(2)13-8-14(17-10-16-13)18-7-5-3-4-6-12(18)9-15/h8,10-12H,3-7,9H2,1-2H3. The molecule has 0 N–H and O–H groups in total. The zero-order valence-corrected chi connectivity index (χ0v) is 12.9. The second-order valence-electron chi connectivity index (χ2n) is 5.31. The van der Waals surface area contributed by atoms with E-state index in [-0.39, 0.29) is 0 Å². The summed E-state index contributed by atoms with van der Waals surface area (Å²) in [5.74, 6) is 1.56. The van der Waals surface area contributed by atoms with Gasteiger partial charge in [0.25, 0.3) is 0 Å². The van der Waals surface area contributed by atoms with Gasteiger partial charge in [0.2, 0.25) is 0 Å². The molecule has 1 unspecified atom stereocenters. The second kappa shape index (κ2) is 6.50. The molecule has 1 aliphatic rings. The molecule has 1 saturated heterocycles. The van der Waals surface area contributed by atoms with Crippen molar-refractivity contribution >= 4 is 21.7 Å². The fraction of sp³-hybridized carbons (Fsp3) is 0.714. The molecule has 3 nitrogen and oxygen atoms in total. The highest BCUT2D eigenvalue weighted by Gasteiger charge is 2.21. The molecule has 100 valence electrons. The van der Waals surface area contributed by atoms with Crippen molar-refractivity contribution in [1.82, 2.24) is 9.97 Å². The van der Waals surface area contributed by atoms with Gasteiger partial charge in [-0.2, -0.15) is 0 Å². The summed E-state index contributed by atoms with van der Waals surface area (Å²) < 4.78 is 0. The van der Waals surface area contributed by atoms with Crippen molar-refractivity contribution < 1.29 is 0 Å². The number of hydrogen-bond donors (Lipinski definition) is 0. The zero-order chi connectivity index (χ0) is 13.0. The van der Waals surface area contributed by atoms with Crippen LogP contribution >= 0.6 is 15.9 Å². The van der Waals surface area contributed by atoms with Gasteiger partial charge in [-0.1, -0.05) is 42.6 Å².